The molecule has 2 rings (SSSR count). The fourth-order valence-corrected chi connectivity index (χ4v) is 2.00. The molecule has 0 spiro atoms. The topological polar surface area (TPSA) is 54.4 Å². The number of carbonyl (C=O) groups is 2. The first-order chi connectivity index (χ1) is 8.00. The molecule has 1 N–H and O–H groups in total. The highest BCUT2D eigenvalue weighted by molar-refractivity contribution is 6.02. The number of aliphatic carboxylic acids is 1. The number of hydrogen-bond donors (Lipinski definition) is 1. The largest absolute Gasteiger partial charge is 0.481 e. The summed E-state index contributed by atoms with van der Waals surface area (Å²) < 4.78 is 0. The van der Waals surface area contributed by atoms with Crippen LogP contribution in [0.1, 0.15) is 42.1 Å². The van der Waals surface area contributed by atoms with Crippen molar-refractivity contribution in [3.63, 3.8) is 0 Å². The van der Waals surface area contributed by atoms with Crippen molar-refractivity contribution in [2.75, 3.05) is 0 Å². The van der Waals surface area contributed by atoms with E-state index >= 15 is 0 Å². The minimum Gasteiger partial charge on any atom is -0.481 e. The molecule has 1 aromatic carbocycles. The van der Waals surface area contributed by atoms with E-state index in [1.54, 1.807) is 12.1 Å². The summed E-state index contributed by atoms with van der Waals surface area (Å²) in [6, 6.07) is 7.48. The Morgan fingerprint density at radius 1 is 1.18 bits per heavy atom. The Hall–Kier alpha value is -1.64. The van der Waals surface area contributed by atoms with Gasteiger partial charge in [0.25, 0.3) is 0 Å². The molecule has 3 heteroatoms. The van der Waals surface area contributed by atoms with Crippen LogP contribution in [0.15, 0.2) is 24.3 Å². The number of Topliss-reactive ketones (excluding diaryl/α,β-unsaturated/α-hetero) is 1. The average Bonchev–Trinajstić information content (AvgIpc) is 3.08. The van der Waals surface area contributed by atoms with E-state index in [9.17, 15) is 9.59 Å². The molecule has 0 aliphatic heterocycles. The average molecular weight is 232 g/mol. The number of carboxylic acid groups (broad SMARTS) is 1. The molecule has 1 saturated carbocycles. The number of rotatable bonds is 4. The number of benzene rings is 1. The third kappa shape index (κ3) is 2.38. The Balaban J connectivity index is 2.08. The Labute approximate surface area is 100 Å². The summed E-state index contributed by atoms with van der Waals surface area (Å²) in [6.07, 6.45) is 0.486. The third-order valence-electron chi connectivity index (χ3n) is 3.31. The summed E-state index contributed by atoms with van der Waals surface area (Å²) in [4.78, 5) is 22.6. The first kappa shape index (κ1) is 11.8. The Kier molecular flexibility index (Phi) is 3.01. The van der Waals surface area contributed by atoms with Crippen LogP contribution in [0.5, 0.6) is 0 Å². The van der Waals surface area contributed by atoms with E-state index in [0.29, 0.717) is 17.9 Å². The molecule has 0 radical (unpaired) electrons. The van der Waals surface area contributed by atoms with Gasteiger partial charge >= 0.3 is 5.97 Å². The quantitative estimate of drug-likeness (QED) is 0.812. The van der Waals surface area contributed by atoms with Gasteiger partial charge < -0.3 is 5.11 Å². The van der Waals surface area contributed by atoms with Crippen molar-refractivity contribution in [1.29, 1.82) is 0 Å². The van der Waals surface area contributed by atoms with Gasteiger partial charge in [-0.1, -0.05) is 38.1 Å². The third-order valence-corrected chi connectivity index (χ3v) is 3.31. The van der Waals surface area contributed by atoms with Gasteiger partial charge in [0.15, 0.2) is 5.78 Å². The first-order valence-electron chi connectivity index (χ1n) is 5.87. The molecule has 0 bridgehead atoms. The normalized spacial score (nSPS) is 22.5. The van der Waals surface area contributed by atoms with Gasteiger partial charge in [-0.05, 0) is 17.9 Å². The molecule has 17 heavy (non-hydrogen) atoms. The zero-order valence-corrected chi connectivity index (χ0v) is 10.0. The summed E-state index contributed by atoms with van der Waals surface area (Å²) >= 11 is 0. The lowest BCUT2D eigenvalue weighted by Gasteiger charge is -2.06. The number of carbonyl (C=O) groups excluding carboxylic acids is 1. The highest BCUT2D eigenvalue weighted by Crippen LogP contribution is 2.41. The second-order valence-electron chi connectivity index (χ2n) is 4.93. The molecule has 90 valence electrons. The molecule has 1 aromatic rings. The van der Waals surface area contributed by atoms with E-state index in [1.165, 1.54) is 5.56 Å². The Morgan fingerprint density at radius 3 is 2.18 bits per heavy atom. The Morgan fingerprint density at radius 2 is 1.76 bits per heavy atom. The molecule has 0 heterocycles. The van der Waals surface area contributed by atoms with Crippen molar-refractivity contribution >= 4 is 11.8 Å². The van der Waals surface area contributed by atoms with E-state index < -0.39 is 11.9 Å². The summed E-state index contributed by atoms with van der Waals surface area (Å²) in [7, 11) is 0. The first-order valence-corrected chi connectivity index (χ1v) is 5.87. The van der Waals surface area contributed by atoms with Gasteiger partial charge in [-0.15, -0.1) is 0 Å². The van der Waals surface area contributed by atoms with Crippen molar-refractivity contribution < 1.29 is 14.7 Å². The van der Waals surface area contributed by atoms with Gasteiger partial charge in [-0.2, -0.15) is 0 Å². The molecule has 0 amide bonds. The second-order valence-corrected chi connectivity index (χ2v) is 4.93. The van der Waals surface area contributed by atoms with Gasteiger partial charge in [0.1, 0.15) is 0 Å². The monoisotopic (exact) mass is 232 g/mol. The maximum Gasteiger partial charge on any atom is 0.307 e. The maximum atomic E-state index is 11.9. The number of ketones is 1. The maximum absolute atomic E-state index is 11.9. The number of carboxylic acids is 1. The van der Waals surface area contributed by atoms with Crippen LogP contribution >= 0.6 is 0 Å². The van der Waals surface area contributed by atoms with Crippen LogP contribution in [0.3, 0.4) is 0 Å². The van der Waals surface area contributed by atoms with Crippen molar-refractivity contribution in [2.24, 2.45) is 11.8 Å². The molecule has 2 unspecified atom stereocenters. The molecule has 0 aromatic heterocycles. The summed E-state index contributed by atoms with van der Waals surface area (Å²) in [5.74, 6) is -1.23. The minimum absolute atomic E-state index is 0.0345. The van der Waals surface area contributed by atoms with Crippen molar-refractivity contribution in [2.45, 2.75) is 26.2 Å². The van der Waals surface area contributed by atoms with Gasteiger partial charge in [0, 0.05) is 11.5 Å². The zero-order valence-electron chi connectivity index (χ0n) is 10.0. The van der Waals surface area contributed by atoms with E-state index in [4.69, 9.17) is 5.11 Å². The van der Waals surface area contributed by atoms with Crippen LogP contribution in [0, 0.1) is 11.8 Å². The fourth-order valence-electron chi connectivity index (χ4n) is 2.00. The summed E-state index contributed by atoms with van der Waals surface area (Å²) in [6.45, 7) is 4.19. The predicted molar refractivity (Wildman–Crippen MR) is 64.1 cm³/mol. The zero-order chi connectivity index (χ0) is 12.6. The van der Waals surface area contributed by atoms with Crippen LogP contribution in [0.2, 0.25) is 0 Å². The van der Waals surface area contributed by atoms with E-state index in [0.717, 1.165) is 0 Å². The van der Waals surface area contributed by atoms with Gasteiger partial charge in [0.2, 0.25) is 0 Å². The minimum atomic E-state index is -0.859. The van der Waals surface area contributed by atoms with Gasteiger partial charge in [-0.3, -0.25) is 9.59 Å². The summed E-state index contributed by atoms with van der Waals surface area (Å²) in [5, 5.41) is 8.78. The van der Waals surface area contributed by atoms with Crippen LogP contribution in [0.4, 0.5) is 0 Å². The lowest BCUT2D eigenvalue weighted by molar-refractivity contribution is -0.138. The molecule has 1 fully saturated rings. The predicted octanol–water partition coefficient (Wildman–Crippen LogP) is 2.71. The molecular formula is C14H16O3. The highest BCUT2D eigenvalue weighted by atomic mass is 16.4. The van der Waals surface area contributed by atoms with Gasteiger partial charge in [0.05, 0.1) is 5.92 Å². The van der Waals surface area contributed by atoms with Crippen molar-refractivity contribution in [3.05, 3.63) is 35.4 Å². The van der Waals surface area contributed by atoms with Gasteiger partial charge in [-0.25, -0.2) is 0 Å². The molecule has 1 aliphatic carbocycles. The lowest BCUT2D eigenvalue weighted by atomic mass is 9.99. The van der Waals surface area contributed by atoms with E-state index in [1.807, 2.05) is 12.1 Å². The van der Waals surface area contributed by atoms with Crippen LogP contribution < -0.4 is 0 Å². The number of hydrogen-bond acceptors (Lipinski definition) is 2. The highest BCUT2D eigenvalue weighted by Gasteiger charge is 2.48. The van der Waals surface area contributed by atoms with Crippen molar-refractivity contribution in [3.8, 4) is 0 Å². The van der Waals surface area contributed by atoms with Crippen molar-refractivity contribution in [1.82, 2.24) is 0 Å². The van der Waals surface area contributed by atoms with Crippen LogP contribution in [-0.4, -0.2) is 16.9 Å². The van der Waals surface area contributed by atoms with Crippen LogP contribution in [-0.2, 0) is 4.79 Å². The second kappa shape index (κ2) is 4.32. The van der Waals surface area contributed by atoms with Crippen LogP contribution in [0.25, 0.3) is 0 Å². The molecule has 2 atom stereocenters. The summed E-state index contributed by atoms with van der Waals surface area (Å²) in [5.41, 5.74) is 1.82. The SMILES string of the molecule is CC(C)c1ccc(C(=O)C2CC2C(=O)O)cc1. The molecular weight excluding hydrogens is 216 g/mol. The smallest absolute Gasteiger partial charge is 0.307 e. The molecule has 3 nitrogen and oxygen atoms in total. The lowest BCUT2D eigenvalue weighted by Crippen LogP contribution is -2.08. The molecule has 1 aliphatic rings. The van der Waals surface area contributed by atoms with E-state index in [-0.39, 0.29) is 11.7 Å². The fraction of sp³-hybridized carbons (Fsp3) is 0.429. The standard InChI is InChI=1S/C14H16O3/c1-8(2)9-3-5-10(6-4-9)13(15)11-7-12(11)14(16)17/h3-6,8,11-12H,7H2,1-2H3,(H,16,17). The van der Waals surface area contributed by atoms with E-state index in [2.05, 4.69) is 13.8 Å². The molecule has 0 saturated heterocycles. The Bertz CT molecular complexity index is 445.